The van der Waals surface area contributed by atoms with Gasteiger partial charge in [-0.2, -0.15) is 0 Å². The standard InChI is InChI=1S/C12H18N2O2/c1-9-5-3-4-6-11(9)10(2)14-7-8-16-12(13)15/h3-6,10,14H,7-8H2,1-2H3,(H2,13,15). The van der Waals surface area contributed by atoms with Gasteiger partial charge in [-0.05, 0) is 25.0 Å². The Morgan fingerprint density at radius 2 is 2.19 bits per heavy atom. The van der Waals surface area contributed by atoms with Crippen molar-refractivity contribution in [2.75, 3.05) is 13.2 Å². The van der Waals surface area contributed by atoms with Crippen LogP contribution in [0.2, 0.25) is 0 Å². The zero-order valence-electron chi connectivity index (χ0n) is 9.69. The maximum atomic E-state index is 10.3. The van der Waals surface area contributed by atoms with Crippen molar-refractivity contribution in [3.05, 3.63) is 35.4 Å². The van der Waals surface area contributed by atoms with Crippen molar-refractivity contribution < 1.29 is 9.53 Å². The minimum Gasteiger partial charge on any atom is -0.448 e. The van der Waals surface area contributed by atoms with E-state index < -0.39 is 6.09 Å². The van der Waals surface area contributed by atoms with Crippen molar-refractivity contribution in [3.63, 3.8) is 0 Å². The predicted octanol–water partition coefficient (Wildman–Crippen LogP) is 1.74. The van der Waals surface area contributed by atoms with E-state index in [0.717, 1.165) is 0 Å². The van der Waals surface area contributed by atoms with Gasteiger partial charge in [0.05, 0.1) is 0 Å². The molecule has 88 valence electrons. The number of nitrogens with one attached hydrogen (secondary N) is 1. The van der Waals surface area contributed by atoms with Crippen molar-refractivity contribution >= 4 is 6.09 Å². The molecule has 0 fully saturated rings. The maximum absolute atomic E-state index is 10.3. The van der Waals surface area contributed by atoms with Gasteiger partial charge in [-0.3, -0.25) is 0 Å². The van der Waals surface area contributed by atoms with Gasteiger partial charge < -0.3 is 15.8 Å². The summed E-state index contributed by atoms with van der Waals surface area (Å²) in [6.45, 7) is 5.05. The molecular formula is C12H18N2O2. The number of nitrogens with two attached hydrogens (primary N) is 1. The van der Waals surface area contributed by atoms with Gasteiger partial charge in [0.2, 0.25) is 0 Å². The third-order valence-corrected chi connectivity index (χ3v) is 2.45. The summed E-state index contributed by atoms with van der Waals surface area (Å²) >= 11 is 0. The average Bonchev–Trinajstić information content (AvgIpc) is 2.24. The number of benzene rings is 1. The Bertz CT molecular complexity index is 353. The molecule has 0 aliphatic carbocycles. The first-order valence-corrected chi connectivity index (χ1v) is 5.32. The number of primary amides is 1. The number of amides is 1. The highest BCUT2D eigenvalue weighted by Gasteiger charge is 2.06. The Morgan fingerprint density at radius 3 is 2.81 bits per heavy atom. The van der Waals surface area contributed by atoms with Crippen molar-refractivity contribution in [2.24, 2.45) is 5.73 Å². The lowest BCUT2D eigenvalue weighted by molar-refractivity contribution is 0.156. The summed E-state index contributed by atoms with van der Waals surface area (Å²) in [4.78, 5) is 10.3. The van der Waals surface area contributed by atoms with Crippen LogP contribution in [0.3, 0.4) is 0 Å². The lowest BCUT2D eigenvalue weighted by atomic mass is 10.0. The molecule has 0 aliphatic rings. The minimum atomic E-state index is -0.731. The Morgan fingerprint density at radius 1 is 1.50 bits per heavy atom. The Balaban J connectivity index is 2.38. The highest BCUT2D eigenvalue weighted by Crippen LogP contribution is 2.15. The van der Waals surface area contributed by atoms with Crippen LogP contribution in [0, 0.1) is 6.92 Å². The quantitative estimate of drug-likeness (QED) is 0.746. The summed E-state index contributed by atoms with van der Waals surface area (Å²) in [5.41, 5.74) is 7.36. The van der Waals surface area contributed by atoms with E-state index in [1.165, 1.54) is 11.1 Å². The van der Waals surface area contributed by atoms with E-state index in [1.807, 2.05) is 12.1 Å². The van der Waals surface area contributed by atoms with Gasteiger partial charge in [-0.25, -0.2) is 4.79 Å². The maximum Gasteiger partial charge on any atom is 0.404 e. The van der Waals surface area contributed by atoms with Crippen LogP contribution in [0.4, 0.5) is 4.79 Å². The van der Waals surface area contributed by atoms with Crippen LogP contribution in [0.15, 0.2) is 24.3 Å². The van der Waals surface area contributed by atoms with Gasteiger partial charge in [0.1, 0.15) is 6.61 Å². The second-order valence-electron chi connectivity index (χ2n) is 3.70. The molecule has 1 atom stereocenters. The molecule has 1 aromatic carbocycles. The molecule has 0 saturated heterocycles. The predicted molar refractivity (Wildman–Crippen MR) is 63.1 cm³/mol. The molecule has 0 aliphatic heterocycles. The fraction of sp³-hybridized carbons (Fsp3) is 0.417. The summed E-state index contributed by atoms with van der Waals surface area (Å²) < 4.78 is 4.63. The first kappa shape index (κ1) is 12.5. The van der Waals surface area contributed by atoms with E-state index in [1.54, 1.807) is 0 Å². The number of rotatable bonds is 5. The van der Waals surface area contributed by atoms with Gasteiger partial charge in [-0.15, -0.1) is 0 Å². The average molecular weight is 222 g/mol. The van der Waals surface area contributed by atoms with E-state index in [0.29, 0.717) is 13.2 Å². The molecule has 3 N–H and O–H groups in total. The summed E-state index contributed by atoms with van der Waals surface area (Å²) in [5, 5.41) is 3.26. The molecule has 1 aromatic rings. The Labute approximate surface area is 95.8 Å². The lowest BCUT2D eigenvalue weighted by Crippen LogP contribution is -2.26. The molecule has 4 heteroatoms. The van der Waals surface area contributed by atoms with Crippen molar-refractivity contribution in [2.45, 2.75) is 19.9 Å². The second-order valence-corrected chi connectivity index (χ2v) is 3.70. The minimum absolute atomic E-state index is 0.234. The molecule has 0 spiro atoms. The van der Waals surface area contributed by atoms with Crippen LogP contribution in [-0.2, 0) is 4.74 Å². The van der Waals surface area contributed by atoms with Crippen LogP contribution in [0.5, 0.6) is 0 Å². The fourth-order valence-electron chi connectivity index (χ4n) is 1.61. The smallest absolute Gasteiger partial charge is 0.404 e. The van der Waals surface area contributed by atoms with Gasteiger partial charge >= 0.3 is 6.09 Å². The van der Waals surface area contributed by atoms with Crippen molar-refractivity contribution in [3.8, 4) is 0 Å². The van der Waals surface area contributed by atoms with E-state index in [9.17, 15) is 4.79 Å². The Hall–Kier alpha value is -1.55. The highest BCUT2D eigenvalue weighted by molar-refractivity contribution is 5.64. The van der Waals surface area contributed by atoms with E-state index >= 15 is 0 Å². The van der Waals surface area contributed by atoms with Gasteiger partial charge in [0, 0.05) is 12.6 Å². The van der Waals surface area contributed by atoms with Crippen molar-refractivity contribution in [1.29, 1.82) is 0 Å². The second kappa shape index (κ2) is 6.12. The topological polar surface area (TPSA) is 64.3 Å². The monoisotopic (exact) mass is 222 g/mol. The van der Waals surface area contributed by atoms with E-state index in [-0.39, 0.29) is 6.04 Å². The molecule has 0 heterocycles. The molecule has 1 unspecified atom stereocenters. The SMILES string of the molecule is Cc1ccccc1C(C)NCCOC(N)=O. The van der Waals surface area contributed by atoms with E-state index in [2.05, 4.69) is 36.0 Å². The molecule has 1 rings (SSSR count). The van der Waals surface area contributed by atoms with Crippen LogP contribution in [-0.4, -0.2) is 19.2 Å². The van der Waals surface area contributed by atoms with Crippen LogP contribution < -0.4 is 11.1 Å². The van der Waals surface area contributed by atoms with Gasteiger partial charge in [-0.1, -0.05) is 24.3 Å². The number of carbonyl (C=O) groups is 1. The highest BCUT2D eigenvalue weighted by atomic mass is 16.5. The first-order valence-electron chi connectivity index (χ1n) is 5.32. The third-order valence-electron chi connectivity index (χ3n) is 2.45. The molecule has 4 nitrogen and oxygen atoms in total. The molecule has 1 amide bonds. The zero-order valence-corrected chi connectivity index (χ0v) is 9.69. The number of ether oxygens (including phenoxy) is 1. The van der Waals surface area contributed by atoms with Crippen LogP contribution in [0.1, 0.15) is 24.1 Å². The summed E-state index contributed by atoms with van der Waals surface area (Å²) in [6, 6.07) is 8.43. The molecule has 0 aromatic heterocycles. The normalized spacial score (nSPS) is 12.1. The molecular weight excluding hydrogens is 204 g/mol. The number of hydrogen-bond acceptors (Lipinski definition) is 3. The molecule has 0 radical (unpaired) electrons. The Kier molecular flexibility index (Phi) is 4.79. The van der Waals surface area contributed by atoms with Crippen LogP contribution in [0.25, 0.3) is 0 Å². The number of aryl methyl sites for hydroxylation is 1. The van der Waals surface area contributed by atoms with Crippen molar-refractivity contribution in [1.82, 2.24) is 5.32 Å². The zero-order chi connectivity index (χ0) is 12.0. The molecule has 0 bridgehead atoms. The largest absolute Gasteiger partial charge is 0.448 e. The summed E-state index contributed by atoms with van der Waals surface area (Å²) in [5.74, 6) is 0. The fourth-order valence-corrected chi connectivity index (χ4v) is 1.61. The first-order chi connectivity index (χ1) is 7.61. The van der Waals surface area contributed by atoms with E-state index in [4.69, 9.17) is 5.73 Å². The summed E-state index contributed by atoms with van der Waals surface area (Å²) in [6.07, 6.45) is -0.731. The third kappa shape index (κ3) is 3.90. The van der Waals surface area contributed by atoms with Gasteiger partial charge in [0.15, 0.2) is 0 Å². The number of carbonyl (C=O) groups excluding carboxylic acids is 1. The molecule has 16 heavy (non-hydrogen) atoms. The molecule has 0 saturated carbocycles. The summed E-state index contributed by atoms with van der Waals surface area (Å²) in [7, 11) is 0. The van der Waals surface area contributed by atoms with Gasteiger partial charge in [0.25, 0.3) is 0 Å². The number of hydrogen-bond donors (Lipinski definition) is 2. The van der Waals surface area contributed by atoms with Crippen LogP contribution >= 0.6 is 0 Å². The lowest BCUT2D eigenvalue weighted by Gasteiger charge is -2.16.